The molecule has 3 nitrogen and oxygen atoms in total. The van der Waals surface area contributed by atoms with Crippen LogP contribution in [0.5, 0.6) is 5.75 Å². The third-order valence-corrected chi connectivity index (χ3v) is 2.86. The summed E-state index contributed by atoms with van der Waals surface area (Å²) in [6.45, 7) is 7.87. The Bertz CT molecular complexity index is 421. The second-order valence-corrected chi connectivity index (χ2v) is 5.11. The molecule has 0 aliphatic carbocycles. The van der Waals surface area contributed by atoms with E-state index in [2.05, 4.69) is 44.3 Å². The number of unbranched alkanes of at least 4 members (excludes halogenated alkanes) is 2. The van der Waals surface area contributed by atoms with Gasteiger partial charge in [-0.25, -0.2) is 0 Å². The molecule has 0 saturated heterocycles. The van der Waals surface area contributed by atoms with Crippen LogP contribution in [0, 0.1) is 18.3 Å². The Morgan fingerprint density at radius 2 is 2.11 bits per heavy atom. The van der Waals surface area contributed by atoms with Crippen LogP contribution in [0.25, 0.3) is 0 Å². The molecule has 0 saturated carbocycles. The molecular formula is C16H24N2O. The molecule has 3 heteroatoms. The molecule has 1 rings (SSSR count). The van der Waals surface area contributed by atoms with Gasteiger partial charge in [-0.2, -0.15) is 5.26 Å². The van der Waals surface area contributed by atoms with E-state index < -0.39 is 0 Å². The third kappa shape index (κ3) is 6.26. The molecule has 0 bridgehead atoms. The summed E-state index contributed by atoms with van der Waals surface area (Å²) in [5.74, 6) is 0.954. The fourth-order valence-corrected chi connectivity index (χ4v) is 1.79. The smallest absolute Gasteiger partial charge is 0.123 e. The highest BCUT2D eigenvalue weighted by molar-refractivity contribution is 5.36. The second kappa shape index (κ2) is 8.55. The summed E-state index contributed by atoms with van der Waals surface area (Å²) in [6.07, 6.45) is 2.44. The van der Waals surface area contributed by atoms with Crippen molar-refractivity contribution in [3.63, 3.8) is 0 Å². The van der Waals surface area contributed by atoms with Crippen molar-refractivity contribution < 1.29 is 4.74 Å². The lowest BCUT2D eigenvalue weighted by atomic mass is 10.1. The molecule has 0 aliphatic rings. The van der Waals surface area contributed by atoms with Crippen LogP contribution in [-0.2, 0) is 6.54 Å². The Balaban J connectivity index is 2.53. The summed E-state index contributed by atoms with van der Waals surface area (Å²) in [4.78, 5) is 0. The Labute approximate surface area is 116 Å². The van der Waals surface area contributed by atoms with Crippen molar-refractivity contribution in [2.24, 2.45) is 0 Å². The maximum atomic E-state index is 8.48. The highest BCUT2D eigenvalue weighted by atomic mass is 16.5. The van der Waals surface area contributed by atoms with Gasteiger partial charge in [-0.05, 0) is 25.8 Å². The number of nitrogens with zero attached hydrogens (tertiary/aromatic N) is 1. The Hall–Kier alpha value is -1.53. The number of ether oxygens (including phenoxy) is 1. The van der Waals surface area contributed by atoms with Crippen molar-refractivity contribution in [1.82, 2.24) is 5.32 Å². The first-order chi connectivity index (χ1) is 9.13. The van der Waals surface area contributed by atoms with Gasteiger partial charge in [0, 0.05) is 24.6 Å². The van der Waals surface area contributed by atoms with Gasteiger partial charge in [-0.1, -0.05) is 31.5 Å². The monoisotopic (exact) mass is 260 g/mol. The van der Waals surface area contributed by atoms with Gasteiger partial charge in [0.1, 0.15) is 5.75 Å². The fraction of sp³-hybridized carbons (Fsp3) is 0.562. The van der Waals surface area contributed by atoms with Crippen LogP contribution < -0.4 is 10.1 Å². The van der Waals surface area contributed by atoms with E-state index in [1.54, 1.807) is 0 Å². The summed E-state index contributed by atoms with van der Waals surface area (Å²) < 4.78 is 5.82. The zero-order chi connectivity index (χ0) is 14.1. The number of rotatable bonds is 8. The van der Waals surface area contributed by atoms with Gasteiger partial charge in [-0.15, -0.1) is 0 Å². The van der Waals surface area contributed by atoms with Crippen molar-refractivity contribution in [1.29, 1.82) is 5.26 Å². The molecule has 104 valence electrons. The molecule has 0 unspecified atom stereocenters. The molecule has 0 fully saturated rings. The minimum Gasteiger partial charge on any atom is -0.493 e. The number of hydrogen-bond donors (Lipinski definition) is 1. The molecule has 0 aromatic heterocycles. The summed E-state index contributed by atoms with van der Waals surface area (Å²) in [6, 6.07) is 8.89. The highest BCUT2D eigenvalue weighted by Gasteiger charge is 2.05. The van der Waals surface area contributed by atoms with Gasteiger partial charge in [0.15, 0.2) is 0 Å². The standard InChI is InChI=1S/C16H24N2O/c1-13(2)18-12-15-11-14(3)7-8-16(15)19-10-6-4-5-9-17/h7-8,11,13,18H,4-6,10,12H2,1-3H3. The van der Waals surface area contributed by atoms with Crippen molar-refractivity contribution in [2.45, 2.75) is 52.6 Å². The van der Waals surface area contributed by atoms with Crippen molar-refractivity contribution in [3.05, 3.63) is 29.3 Å². The molecule has 0 atom stereocenters. The molecule has 0 amide bonds. The summed E-state index contributed by atoms with van der Waals surface area (Å²) in [7, 11) is 0. The molecule has 1 N–H and O–H groups in total. The summed E-state index contributed by atoms with van der Waals surface area (Å²) in [5, 5.41) is 11.9. The fourth-order valence-electron chi connectivity index (χ4n) is 1.79. The largest absolute Gasteiger partial charge is 0.493 e. The van der Waals surface area contributed by atoms with E-state index in [0.717, 1.165) is 25.1 Å². The summed E-state index contributed by atoms with van der Waals surface area (Å²) >= 11 is 0. The minimum absolute atomic E-state index is 0.462. The van der Waals surface area contributed by atoms with Crippen LogP contribution >= 0.6 is 0 Å². The molecule has 1 aromatic rings. The van der Waals surface area contributed by atoms with Gasteiger partial charge in [0.05, 0.1) is 12.7 Å². The number of hydrogen-bond acceptors (Lipinski definition) is 3. The zero-order valence-electron chi connectivity index (χ0n) is 12.2. The molecule has 19 heavy (non-hydrogen) atoms. The minimum atomic E-state index is 0.462. The van der Waals surface area contributed by atoms with Crippen LogP contribution in [-0.4, -0.2) is 12.6 Å². The van der Waals surface area contributed by atoms with Gasteiger partial charge < -0.3 is 10.1 Å². The second-order valence-electron chi connectivity index (χ2n) is 5.11. The third-order valence-electron chi connectivity index (χ3n) is 2.86. The van der Waals surface area contributed by atoms with E-state index in [1.807, 2.05) is 6.07 Å². The van der Waals surface area contributed by atoms with Crippen molar-refractivity contribution in [2.75, 3.05) is 6.61 Å². The molecule has 0 heterocycles. The Morgan fingerprint density at radius 1 is 1.32 bits per heavy atom. The van der Waals surface area contributed by atoms with Gasteiger partial charge in [0.25, 0.3) is 0 Å². The lowest BCUT2D eigenvalue weighted by Crippen LogP contribution is -2.22. The summed E-state index contributed by atoms with van der Waals surface area (Å²) in [5.41, 5.74) is 2.45. The first-order valence-corrected chi connectivity index (χ1v) is 6.96. The van der Waals surface area contributed by atoms with Crippen LogP contribution in [0.3, 0.4) is 0 Å². The quantitative estimate of drug-likeness (QED) is 0.727. The van der Waals surface area contributed by atoms with E-state index in [0.29, 0.717) is 19.1 Å². The number of nitrogens with one attached hydrogen (secondary N) is 1. The molecule has 0 spiro atoms. The average molecular weight is 260 g/mol. The highest BCUT2D eigenvalue weighted by Crippen LogP contribution is 2.20. The van der Waals surface area contributed by atoms with Crippen LogP contribution in [0.4, 0.5) is 0 Å². The molecular weight excluding hydrogens is 236 g/mol. The molecule has 0 aliphatic heterocycles. The van der Waals surface area contributed by atoms with Gasteiger partial charge in [0.2, 0.25) is 0 Å². The van der Waals surface area contributed by atoms with E-state index in [-0.39, 0.29) is 0 Å². The van der Waals surface area contributed by atoms with E-state index >= 15 is 0 Å². The zero-order valence-corrected chi connectivity index (χ0v) is 12.2. The normalized spacial score (nSPS) is 10.5. The molecule has 1 aromatic carbocycles. The SMILES string of the molecule is Cc1ccc(OCCCCC#N)c(CNC(C)C)c1. The van der Waals surface area contributed by atoms with Crippen molar-refractivity contribution in [3.8, 4) is 11.8 Å². The van der Waals surface area contributed by atoms with E-state index in [4.69, 9.17) is 10.00 Å². The maximum absolute atomic E-state index is 8.48. The van der Waals surface area contributed by atoms with Gasteiger partial charge >= 0.3 is 0 Å². The van der Waals surface area contributed by atoms with Crippen LogP contribution in [0.2, 0.25) is 0 Å². The maximum Gasteiger partial charge on any atom is 0.123 e. The van der Waals surface area contributed by atoms with E-state index in [9.17, 15) is 0 Å². The lowest BCUT2D eigenvalue weighted by Gasteiger charge is -2.14. The molecule has 0 radical (unpaired) electrons. The average Bonchev–Trinajstić information content (AvgIpc) is 2.38. The predicted octanol–water partition coefficient (Wildman–Crippen LogP) is 3.57. The number of nitriles is 1. The number of aryl methyl sites for hydroxylation is 1. The van der Waals surface area contributed by atoms with E-state index in [1.165, 1.54) is 11.1 Å². The van der Waals surface area contributed by atoms with Crippen molar-refractivity contribution >= 4 is 0 Å². The lowest BCUT2D eigenvalue weighted by molar-refractivity contribution is 0.303. The number of benzene rings is 1. The van der Waals surface area contributed by atoms with Gasteiger partial charge in [-0.3, -0.25) is 0 Å². The van der Waals surface area contributed by atoms with Crippen LogP contribution in [0.1, 0.15) is 44.2 Å². The predicted molar refractivity (Wildman–Crippen MR) is 78.1 cm³/mol. The Morgan fingerprint density at radius 3 is 2.79 bits per heavy atom. The Kier molecular flexibility index (Phi) is 6.99. The van der Waals surface area contributed by atoms with Crippen LogP contribution in [0.15, 0.2) is 18.2 Å². The topological polar surface area (TPSA) is 45.0 Å². The first-order valence-electron chi connectivity index (χ1n) is 6.96. The first kappa shape index (κ1) is 15.5.